The second kappa shape index (κ2) is 21.4. The van der Waals surface area contributed by atoms with Crippen molar-refractivity contribution in [3.05, 3.63) is 0 Å². The molecule has 13 heteroatoms. The van der Waals surface area contributed by atoms with E-state index in [1.165, 1.54) is 11.4 Å². The molecule has 0 saturated carbocycles. The molecule has 0 bridgehead atoms. The van der Waals surface area contributed by atoms with Crippen LogP contribution in [0.4, 0.5) is 0 Å². The standard InChI is InChI=1S/C8H19O3PS3.C7H17O2PS3/c1-4-10-12(13,11-5-2)14-7-8-15(9)6-3;1-4-8-10(11,9-5-2)13-7-12-6-3/h4-8H2,1-3H3;4-7H2,1-3H3. The summed E-state index contributed by atoms with van der Waals surface area (Å²) in [5, 5.41) is 0.966. The van der Waals surface area contributed by atoms with Crippen LogP contribution in [-0.2, 0) is 52.9 Å². The van der Waals surface area contributed by atoms with E-state index in [2.05, 4.69) is 6.92 Å². The van der Waals surface area contributed by atoms with E-state index in [1.807, 2.05) is 46.4 Å². The van der Waals surface area contributed by atoms with Crippen molar-refractivity contribution >= 4 is 80.7 Å². The van der Waals surface area contributed by atoms with Crippen LogP contribution in [0.3, 0.4) is 0 Å². The molecule has 0 aromatic carbocycles. The zero-order valence-corrected chi connectivity index (χ0v) is 24.4. The highest BCUT2D eigenvalue weighted by Gasteiger charge is 2.19. The fourth-order valence-electron chi connectivity index (χ4n) is 1.43. The number of hydrogen-bond donors (Lipinski definition) is 0. The van der Waals surface area contributed by atoms with Crippen molar-refractivity contribution in [2.45, 2.75) is 41.5 Å². The summed E-state index contributed by atoms with van der Waals surface area (Å²) in [4.78, 5) is 0. The third kappa shape index (κ3) is 19.2. The molecule has 0 heterocycles. The average molecular weight is 551 g/mol. The van der Waals surface area contributed by atoms with Crippen LogP contribution >= 0.6 is 45.9 Å². The van der Waals surface area contributed by atoms with Crippen molar-refractivity contribution in [3.8, 4) is 0 Å². The highest BCUT2D eigenvalue weighted by molar-refractivity contribution is 8.69. The van der Waals surface area contributed by atoms with Gasteiger partial charge >= 0.3 is 0 Å². The van der Waals surface area contributed by atoms with Crippen LogP contribution in [-0.4, -0.2) is 59.1 Å². The van der Waals surface area contributed by atoms with Gasteiger partial charge in [0.25, 0.3) is 0 Å². The van der Waals surface area contributed by atoms with E-state index >= 15 is 0 Å². The molecule has 0 spiro atoms. The maximum Gasteiger partial charge on any atom is 0.248 e. The highest BCUT2D eigenvalue weighted by Crippen LogP contribution is 2.62. The van der Waals surface area contributed by atoms with Crippen LogP contribution in [0, 0.1) is 0 Å². The van der Waals surface area contributed by atoms with Gasteiger partial charge in [0.05, 0.1) is 26.4 Å². The fourth-order valence-corrected chi connectivity index (χ4v) is 14.6. The Morgan fingerprint density at radius 1 is 0.786 bits per heavy atom. The van der Waals surface area contributed by atoms with Gasteiger partial charge in [-0.1, -0.05) is 40.9 Å². The molecule has 5 nitrogen and oxygen atoms in total. The lowest BCUT2D eigenvalue weighted by Crippen LogP contribution is -2.10. The molecule has 1 unspecified atom stereocenters. The molecule has 0 aliphatic rings. The van der Waals surface area contributed by atoms with E-state index in [-0.39, 0.29) is 0 Å². The summed E-state index contributed by atoms with van der Waals surface area (Å²) < 4.78 is 33.1. The van der Waals surface area contributed by atoms with Gasteiger partial charge in [-0.3, -0.25) is 0 Å². The molecule has 0 N–H and O–H groups in total. The van der Waals surface area contributed by atoms with Crippen LogP contribution in [0.15, 0.2) is 0 Å². The number of thioether (sulfide) groups is 1. The molecule has 0 radical (unpaired) electrons. The second-order valence-electron chi connectivity index (χ2n) is 4.57. The van der Waals surface area contributed by atoms with Crippen molar-refractivity contribution in [2.75, 3.05) is 54.5 Å². The Labute approximate surface area is 198 Å². The van der Waals surface area contributed by atoms with Crippen LogP contribution < -0.4 is 0 Å². The molecule has 0 aliphatic carbocycles. The van der Waals surface area contributed by atoms with Crippen molar-refractivity contribution in [1.82, 2.24) is 0 Å². The van der Waals surface area contributed by atoms with Crippen LogP contribution in [0.1, 0.15) is 41.5 Å². The van der Waals surface area contributed by atoms with E-state index < -0.39 is 22.6 Å². The lowest BCUT2D eigenvalue weighted by Gasteiger charge is -2.20. The van der Waals surface area contributed by atoms with E-state index in [1.54, 1.807) is 11.4 Å². The molecule has 0 fully saturated rings. The Morgan fingerprint density at radius 2 is 1.21 bits per heavy atom. The first kappa shape index (κ1) is 32.7. The van der Waals surface area contributed by atoms with Crippen LogP contribution in [0.2, 0.25) is 0 Å². The quantitative estimate of drug-likeness (QED) is 0.0866. The second-order valence-corrected chi connectivity index (χ2v) is 20.8. The molecule has 0 rings (SSSR count). The Hall–Kier alpha value is 2.50. The van der Waals surface area contributed by atoms with Gasteiger partial charge in [0.2, 0.25) is 11.4 Å². The van der Waals surface area contributed by atoms with Crippen molar-refractivity contribution in [3.63, 3.8) is 0 Å². The third-order valence-corrected chi connectivity index (χ3v) is 16.7. The van der Waals surface area contributed by atoms with Gasteiger partial charge in [-0.05, 0) is 64.0 Å². The minimum Gasteiger partial charge on any atom is -0.616 e. The van der Waals surface area contributed by atoms with E-state index in [0.717, 1.165) is 16.6 Å². The summed E-state index contributed by atoms with van der Waals surface area (Å²) in [7, 11) is 0. The maximum atomic E-state index is 11.2. The molecule has 0 aliphatic heterocycles. The SMILES string of the molecule is CCOP(=S)(OCC)SCC[S+]([O-])CC.CCOP(=S)(OCC)SCSCC. The topological polar surface area (TPSA) is 60.0 Å². The third-order valence-electron chi connectivity index (χ3n) is 2.53. The first-order chi connectivity index (χ1) is 13.3. The summed E-state index contributed by atoms with van der Waals surface area (Å²) in [5.74, 6) is 3.23. The van der Waals surface area contributed by atoms with Gasteiger partial charge in [-0.15, -0.1) is 0 Å². The fraction of sp³-hybridized carbons (Fsp3) is 1.00. The predicted octanol–water partition coefficient (Wildman–Crippen LogP) is 6.51. The zero-order chi connectivity index (χ0) is 21.9. The smallest absolute Gasteiger partial charge is 0.248 e. The molecular formula is C15H36O5P2S6. The first-order valence-corrected chi connectivity index (χ1v) is 20.4. The lowest BCUT2D eigenvalue weighted by atomic mass is 10.9. The van der Waals surface area contributed by atoms with E-state index in [0.29, 0.717) is 37.9 Å². The Kier molecular flexibility index (Phi) is 24.9. The summed E-state index contributed by atoms with van der Waals surface area (Å²) in [5.41, 5.74) is -4.19. The van der Waals surface area contributed by atoms with Crippen molar-refractivity contribution < 1.29 is 22.6 Å². The summed E-state index contributed by atoms with van der Waals surface area (Å²) in [6, 6.07) is 0. The van der Waals surface area contributed by atoms with E-state index in [9.17, 15) is 4.55 Å². The predicted molar refractivity (Wildman–Crippen MR) is 142 cm³/mol. The maximum absolute atomic E-state index is 11.2. The molecule has 0 aromatic heterocycles. The van der Waals surface area contributed by atoms with Gasteiger partial charge in [-0.2, -0.15) is 11.8 Å². The Bertz CT molecular complexity index is 427. The minimum atomic E-state index is -2.17. The van der Waals surface area contributed by atoms with Crippen molar-refractivity contribution in [2.24, 2.45) is 0 Å². The normalized spacial score (nSPS) is 13.1. The van der Waals surface area contributed by atoms with Gasteiger partial charge < -0.3 is 22.6 Å². The molecule has 0 aromatic rings. The first-order valence-electron chi connectivity index (χ1n) is 9.26. The molecule has 0 amide bonds. The summed E-state index contributed by atoms with van der Waals surface area (Å²) >= 11 is 14.9. The molecule has 172 valence electrons. The Balaban J connectivity index is 0. The molecule has 28 heavy (non-hydrogen) atoms. The van der Waals surface area contributed by atoms with Gasteiger partial charge in [-0.25, -0.2) is 0 Å². The van der Waals surface area contributed by atoms with Crippen LogP contribution in [0.25, 0.3) is 0 Å². The Morgan fingerprint density at radius 3 is 1.57 bits per heavy atom. The molecule has 1 atom stereocenters. The summed E-state index contributed by atoms with van der Waals surface area (Å²) in [6.45, 7) is 14.2. The van der Waals surface area contributed by atoms with Gasteiger partial charge in [0.1, 0.15) is 11.5 Å². The van der Waals surface area contributed by atoms with Crippen molar-refractivity contribution in [1.29, 1.82) is 0 Å². The monoisotopic (exact) mass is 550 g/mol. The van der Waals surface area contributed by atoms with Gasteiger partial charge in [0.15, 0.2) is 0 Å². The highest BCUT2D eigenvalue weighted by atomic mass is 32.9. The minimum absolute atomic E-state index is 0.571. The molecular weight excluding hydrogens is 515 g/mol. The largest absolute Gasteiger partial charge is 0.616 e. The zero-order valence-electron chi connectivity index (χ0n) is 17.7. The summed E-state index contributed by atoms with van der Waals surface area (Å²) in [6.07, 6.45) is 0. The van der Waals surface area contributed by atoms with Crippen LogP contribution in [0.5, 0.6) is 0 Å². The number of hydrogen-bond acceptors (Lipinski definition) is 10. The average Bonchev–Trinajstić information content (AvgIpc) is 2.63. The molecule has 0 saturated heterocycles. The lowest BCUT2D eigenvalue weighted by molar-refractivity contribution is 0.280. The number of rotatable bonds is 17. The van der Waals surface area contributed by atoms with Gasteiger partial charge in [0, 0.05) is 10.8 Å². The van der Waals surface area contributed by atoms with E-state index in [4.69, 9.17) is 41.7 Å².